The lowest BCUT2D eigenvalue weighted by Crippen LogP contribution is -2.71. The molecule has 13 heteroatoms. The van der Waals surface area contributed by atoms with Gasteiger partial charge in [0.05, 0.1) is 5.03 Å². The van der Waals surface area contributed by atoms with Crippen molar-refractivity contribution < 1.29 is 24.3 Å². The molecule has 0 bridgehead atoms. The van der Waals surface area contributed by atoms with Crippen LogP contribution in [-0.2, 0) is 19.2 Å². The first kappa shape index (κ1) is 18.9. The SMILES string of the molecule is CON=C(C(=O)NC1C(=O)N2C(C(=O)O)=C(Cl)CS[C@@H]12)c1nccc(N)n1. The van der Waals surface area contributed by atoms with Gasteiger partial charge in [-0.25, -0.2) is 14.8 Å². The van der Waals surface area contributed by atoms with Crippen LogP contribution in [0.15, 0.2) is 28.1 Å². The molecule has 142 valence electrons. The molecule has 1 fully saturated rings. The largest absolute Gasteiger partial charge is 0.477 e. The van der Waals surface area contributed by atoms with Crippen LogP contribution >= 0.6 is 23.4 Å². The molecule has 0 aliphatic carbocycles. The number of amides is 2. The number of rotatable bonds is 5. The number of halogens is 1. The number of aliphatic carboxylic acids is 1. The normalized spacial score (nSPS) is 22.1. The van der Waals surface area contributed by atoms with Crippen LogP contribution in [0.3, 0.4) is 0 Å². The number of anilines is 1. The number of carbonyl (C=O) groups is 3. The number of carboxylic acids is 1. The van der Waals surface area contributed by atoms with E-state index in [1.165, 1.54) is 31.1 Å². The van der Waals surface area contributed by atoms with Crippen LogP contribution in [0.1, 0.15) is 5.82 Å². The second kappa shape index (κ2) is 7.40. The molecule has 27 heavy (non-hydrogen) atoms. The van der Waals surface area contributed by atoms with Gasteiger partial charge < -0.3 is 21.0 Å². The van der Waals surface area contributed by atoms with Gasteiger partial charge in [0.15, 0.2) is 5.82 Å². The molecule has 1 saturated heterocycles. The molecule has 0 spiro atoms. The van der Waals surface area contributed by atoms with Crippen molar-refractivity contribution in [2.24, 2.45) is 5.16 Å². The smallest absolute Gasteiger partial charge is 0.353 e. The van der Waals surface area contributed by atoms with E-state index in [1.54, 1.807) is 0 Å². The number of hydrogen-bond acceptors (Lipinski definition) is 9. The van der Waals surface area contributed by atoms with Crippen LogP contribution in [0, 0.1) is 0 Å². The van der Waals surface area contributed by atoms with Gasteiger partial charge in [-0.05, 0) is 6.07 Å². The molecule has 1 unspecified atom stereocenters. The van der Waals surface area contributed by atoms with Crippen molar-refractivity contribution in [1.82, 2.24) is 20.2 Å². The molecular formula is C14H13ClN6O5S. The van der Waals surface area contributed by atoms with Gasteiger partial charge in [0, 0.05) is 11.9 Å². The third-order valence-corrected chi connectivity index (χ3v) is 5.45. The zero-order chi connectivity index (χ0) is 19.7. The van der Waals surface area contributed by atoms with Gasteiger partial charge in [0.2, 0.25) is 5.71 Å². The van der Waals surface area contributed by atoms with Crippen molar-refractivity contribution >= 4 is 52.7 Å². The number of β-lactam (4-membered cyclic amide) rings is 1. The highest BCUT2D eigenvalue weighted by Gasteiger charge is 2.54. The van der Waals surface area contributed by atoms with Crippen LogP contribution in [0.25, 0.3) is 0 Å². The molecule has 2 aliphatic rings. The maximum atomic E-state index is 12.6. The van der Waals surface area contributed by atoms with Gasteiger partial charge in [-0.2, -0.15) is 0 Å². The number of nitrogens with two attached hydrogens (primary N) is 1. The predicted octanol–water partition coefficient (Wildman–Crippen LogP) is -0.656. The summed E-state index contributed by atoms with van der Waals surface area (Å²) in [5.74, 6) is -2.42. The molecule has 2 amide bonds. The standard InChI is InChI=1S/C14H13ClN6O5S/c1-26-20-7(10-17-3-2-6(16)18-10)11(22)19-8-12(23)21-9(14(24)25)5(15)4-27-13(8)21/h2-3,8,13H,4H2,1H3,(H,19,22)(H,24,25)(H2,16,17,18)/t8?,13-/m0/s1. The Morgan fingerprint density at radius 3 is 2.93 bits per heavy atom. The third kappa shape index (κ3) is 3.40. The van der Waals surface area contributed by atoms with Crippen molar-refractivity contribution in [2.75, 3.05) is 18.6 Å². The Labute approximate surface area is 161 Å². The number of nitrogens with zero attached hydrogens (tertiary/aromatic N) is 4. The highest BCUT2D eigenvalue weighted by Crippen LogP contribution is 2.41. The summed E-state index contributed by atoms with van der Waals surface area (Å²) in [4.78, 5) is 49.8. The number of nitrogen functional groups attached to an aromatic ring is 1. The molecule has 0 saturated carbocycles. The van der Waals surface area contributed by atoms with Crippen LogP contribution in [-0.4, -0.2) is 67.7 Å². The molecule has 4 N–H and O–H groups in total. The molecule has 1 aromatic heterocycles. The lowest BCUT2D eigenvalue weighted by Gasteiger charge is -2.48. The number of hydrogen-bond donors (Lipinski definition) is 3. The van der Waals surface area contributed by atoms with E-state index in [0.717, 1.165) is 4.90 Å². The van der Waals surface area contributed by atoms with E-state index in [0.29, 0.717) is 0 Å². The number of fused-ring (bicyclic) bond motifs is 1. The van der Waals surface area contributed by atoms with E-state index >= 15 is 0 Å². The number of oxime groups is 1. The highest BCUT2D eigenvalue weighted by atomic mass is 35.5. The molecule has 0 aromatic carbocycles. The average Bonchev–Trinajstić information content (AvgIpc) is 2.63. The number of carbonyl (C=O) groups excluding carboxylic acids is 2. The summed E-state index contributed by atoms with van der Waals surface area (Å²) >= 11 is 7.14. The second-order valence-electron chi connectivity index (χ2n) is 5.35. The summed E-state index contributed by atoms with van der Waals surface area (Å²) < 4.78 is 0. The minimum Gasteiger partial charge on any atom is -0.477 e. The molecule has 2 aliphatic heterocycles. The number of nitrogens with one attached hydrogen (secondary N) is 1. The van der Waals surface area contributed by atoms with E-state index < -0.39 is 29.2 Å². The van der Waals surface area contributed by atoms with Gasteiger partial charge >= 0.3 is 5.97 Å². The zero-order valence-electron chi connectivity index (χ0n) is 13.7. The molecule has 1 aromatic rings. The first-order chi connectivity index (χ1) is 12.8. The minimum atomic E-state index is -1.31. The summed E-state index contributed by atoms with van der Waals surface area (Å²) in [7, 11) is 1.23. The Morgan fingerprint density at radius 2 is 2.30 bits per heavy atom. The van der Waals surface area contributed by atoms with Crippen molar-refractivity contribution in [3.63, 3.8) is 0 Å². The zero-order valence-corrected chi connectivity index (χ0v) is 15.3. The summed E-state index contributed by atoms with van der Waals surface area (Å²) in [5.41, 5.74) is 5.03. The van der Waals surface area contributed by atoms with Crippen LogP contribution in [0.2, 0.25) is 0 Å². The Hall–Kier alpha value is -2.86. The second-order valence-corrected chi connectivity index (χ2v) is 6.91. The van der Waals surface area contributed by atoms with Gasteiger partial charge in [0.25, 0.3) is 11.8 Å². The maximum absolute atomic E-state index is 12.6. The first-order valence-electron chi connectivity index (χ1n) is 7.42. The van der Waals surface area contributed by atoms with E-state index in [1.807, 2.05) is 0 Å². The van der Waals surface area contributed by atoms with E-state index in [2.05, 4.69) is 25.3 Å². The lowest BCUT2D eigenvalue weighted by atomic mass is 10.0. The van der Waals surface area contributed by atoms with Crippen molar-refractivity contribution in [3.05, 3.63) is 28.8 Å². The lowest BCUT2D eigenvalue weighted by molar-refractivity contribution is -0.150. The summed E-state index contributed by atoms with van der Waals surface area (Å²) in [6.07, 6.45) is 1.34. The molecule has 3 heterocycles. The van der Waals surface area contributed by atoms with Crippen molar-refractivity contribution in [1.29, 1.82) is 0 Å². The van der Waals surface area contributed by atoms with Crippen molar-refractivity contribution in [3.8, 4) is 0 Å². The quantitative estimate of drug-likeness (QED) is 0.324. The number of thioether (sulfide) groups is 1. The topological polar surface area (TPSA) is 160 Å². The van der Waals surface area contributed by atoms with Gasteiger partial charge in [-0.3, -0.25) is 14.5 Å². The Bertz CT molecular complexity index is 891. The summed E-state index contributed by atoms with van der Waals surface area (Å²) in [5, 5.41) is 14.8. The Morgan fingerprint density at radius 1 is 1.56 bits per heavy atom. The predicted molar refractivity (Wildman–Crippen MR) is 95.5 cm³/mol. The number of aromatic nitrogens is 2. The highest BCUT2D eigenvalue weighted by molar-refractivity contribution is 8.00. The Balaban J connectivity index is 1.80. The van der Waals surface area contributed by atoms with E-state index in [4.69, 9.17) is 17.3 Å². The fourth-order valence-corrected chi connectivity index (χ4v) is 4.10. The molecule has 2 atom stereocenters. The van der Waals surface area contributed by atoms with Gasteiger partial charge in [0.1, 0.15) is 30.0 Å². The summed E-state index contributed by atoms with van der Waals surface area (Å²) in [6.45, 7) is 0. The first-order valence-corrected chi connectivity index (χ1v) is 8.85. The summed E-state index contributed by atoms with van der Waals surface area (Å²) in [6, 6.07) is 0.478. The molecule has 3 rings (SSSR count). The van der Waals surface area contributed by atoms with Crippen molar-refractivity contribution in [2.45, 2.75) is 11.4 Å². The molecular weight excluding hydrogens is 400 g/mol. The minimum absolute atomic E-state index is 0.0664. The average molecular weight is 413 g/mol. The Kier molecular flexibility index (Phi) is 5.19. The van der Waals surface area contributed by atoms with Crippen LogP contribution in [0.4, 0.5) is 5.82 Å². The van der Waals surface area contributed by atoms with Crippen LogP contribution in [0.5, 0.6) is 0 Å². The molecule has 0 radical (unpaired) electrons. The van der Waals surface area contributed by atoms with E-state index in [9.17, 15) is 19.5 Å². The maximum Gasteiger partial charge on any atom is 0.353 e. The van der Waals surface area contributed by atoms with Gasteiger partial charge in [-0.1, -0.05) is 16.8 Å². The molecule has 11 nitrogen and oxygen atoms in total. The fraction of sp³-hybridized carbons (Fsp3) is 0.286. The van der Waals surface area contributed by atoms with Crippen LogP contribution < -0.4 is 11.1 Å². The monoisotopic (exact) mass is 412 g/mol. The fourth-order valence-electron chi connectivity index (χ4n) is 2.55. The van der Waals surface area contributed by atoms with Gasteiger partial charge in [-0.15, -0.1) is 11.8 Å². The number of carboxylic acid groups (broad SMARTS) is 1. The van der Waals surface area contributed by atoms with E-state index in [-0.39, 0.29) is 33.8 Å². The third-order valence-electron chi connectivity index (χ3n) is 3.70.